The zero-order chi connectivity index (χ0) is 31.0. The monoisotopic (exact) mass is 590 g/mol. The summed E-state index contributed by atoms with van der Waals surface area (Å²) < 4.78 is 0. The van der Waals surface area contributed by atoms with Crippen LogP contribution in [-0.2, 0) is 0 Å². The Bertz CT molecular complexity index is 2210. The molecule has 0 atom stereocenters. The standard InChI is InChI=1S/C42H30N4/c1-27-7-3-9-29(15-27)39-17-31(19-41-35(11-5-13-37(39)41)33-21-43-25-44-22-33)32-18-40(30-10-4-8-28(2)16-30)38-14-6-12-36(42(38)20-32)34-23-45-26-46-24-34/h3-26H,1-2H3. The molecule has 0 saturated heterocycles. The van der Waals surface area contributed by atoms with Gasteiger partial charge in [0.2, 0.25) is 0 Å². The van der Waals surface area contributed by atoms with Crippen molar-refractivity contribution in [1.82, 2.24) is 19.9 Å². The topological polar surface area (TPSA) is 51.6 Å². The van der Waals surface area contributed by atoms with Gasteiger partial charge in [0.05, 0.1) is 0 Å². The largest absolute Gasteiger partial charge is 0.244 e. The number of aromatic nitrogens is 4. The molecule has 0 aliphatic carbocycles. The first kappa shape index (κ1) is 27.5. The predicted octanol–water partition coefficient (Wildman–Crippen LogP) is 10.5. The van der Waals surface area contributed by atoms with E-state index in [2.05, 4.69) is 143 Å². The van der Waals surface area contributed by atoms with Crippen molar-refractivity contribution in [3.8, 4) is 55.6 Å². The molecule has 0 fully saturated rings. The first-order valence-corrected chi connectivity index (χ1v) is 15.4. The zero-order valence-electron chi connectivity index (χ0n) is 25.6. The first-order chi connectivity index (χ1) is 22.6. The molecule has 0 N–H and O–H groups in total. The lowest BCUT2D eigenvalue weighted by Crippen LogP contribution is -1.92. The molecule has 46 heavy (non-hydrogen) atoms. The van der Waals surface area contributed by atoms with Crippen LogP contribution in [0.4, 0.5) is 0 Å². The summed E-state index contributed by atoms with van der Waals surface area (Å²) in [5.41, 5.74) is 13.7. The molecule has 6 aromatic carbocycles. The summed E-state index contributed by atoms with van der Waals surface area (Å²) in [6.45, 7) is 4.29. The molecule has 218 valence electrons. The smallest absolute Gasteiger partial charge is 0.115 e. The first-order valence-electron chi connectivity index (χ1n) is 15.4. The highest BCUT2D eigenvalue weighted by Crippen LogP contribution is 2.42. The highest BCUT2D eigenvalue weighted by molar-refractivity contribution is 6.10. The Morgan fingerprint density at radius 1 is 0.326 bits per heavy atom. The average molecular weight is 591 g/mol. The van der Waals surface area contributed by atoms with Gasteiger partial charge in [-0.25, -0.2) is 19.9 Å². The molecule has 0 aliphatic rings. The molecule has 0 amide bonds. The third-order valence-corrected chi connectivity index (χ3v) is 8.73. The molecule has 2 heterocycles. The Hall–Kier alpha value is -6.00. The van der Waals surface area contributed by atoms with E-state index in [1.165, 1.54) is 44.2 Å². The number of rotatable bonds is 5. The minimum absolute atomic E-state index is 0.991. The van der Waals surface area contributed by atoms with E-state index < -0.39 is 0 Å². The van der Waals surface area contributed by atoms with E-state index >= 15 is 0 Å². The molecular formula is C42H30N4. The molecule has 4 nitrogen and oxygen atoms in total. The summed E-state index contributed by atoms with van der Waals surface area (Å²) in [4.78, 5) is 17.4. The van der Waals surface area contributed by atoms with Crippen molar-refractivity contribution in [2.45, 2.75) is 13.8 Å². The SMILES string of the molecule is Cc1cccc(-c2cc(-c3cc(-c4cccc(C)c4)c4cccc(-c5cncnc5)c4c3)cc3c(-c4cncnc4)cccc23)c1. The van der Waals surface area contributed by atoms with E-state index in [0.717, 1.165) is 44.2 Å². The van der Waals surface area contributed by atoms with Crippen molar-refractivity contribution in [3.05, 3.63) is 158 Å². The number of hydrogen-bond acceptors (Lipinski definition) is 4. The molecule has 8 aromatic rings. The Morgan fingerprint density at radius 3 is 1.15 bits per heavy atom. The molecule has 0 saturated carbocycles. The molecule has 4 heteroatoms. The molecule has 0 radical (unpaired) electrons. The summed E-state index contributed by atoms with van der Waals surface area (Å²) in [6.07, 6.45) is 10.7. The van der Waals surface area contributed by atoms with Gasteiger partial charge in [0.1, 0.15) is 12.7 Å². The van der Waals surface area contributed by atoms with Crippen LogP contribution < -0.4 is 0 Å². The lowest BCUT2D eigenvalue weighted by Gasteiger charge is -2.17. The summed E-state index contributed by atoms with van der Waals surface area (Å²) in [5, 5.41) is 4.71. The number of fused-ring (bicyclic) bond motifs is 2. The van der Waals surface area contributed by atoms with E-state index in [4.69, 9.17) is 0 Å². The van der Waals surface area contributed by atoms with E-state index in [1.807, 2.05) is 24.8 Å². The summed E-state index contributed by atoms with van der Waals surface area (Å²) in [6, 6.07) is 39.9. The van der Waals surface area contributed by atoms with Crippen molar-refractivity contribution in [2.75, 3.05) is 0 Å². The van der Waals surface area contributed by atoms with Crippen LogP contribution in [0.5, 0.6) is 0 Å². The van der Waals surface area contributed by atoms with Crippen LogP contribution in [0.15, 0.2) is 147 Å². The maximum Gasteiger partial charge on any atom is 0.115 e. The molecule has 2 aromatic heterocycles. The Labute approximate surface area is 268 Å². The molecule has 0 spiro atoms. The van der Waals surface area contributed by atoms with Gasteiger partial charge in [0, 0.05) is 35.9 Å². The van der Waals surface area contributed by atoms with Gasteiger partial charge in [-0.05, 0) is 104 Å². The molecule has 0 unspecified atom stereocenters. The molecule has 8 rings (SSSR count). The third-order valence-electron chi connectivity index (χ3n) is 8.73. The van der Waals surface area contributed by atoms with Crippen molar-refractivity contribution in [3.63, 3.8) is 0 Å². The van der Waals surface area contributed by atoms with Gasteiger partial charge >= 0.3 is 0 Å². The quantitative estimate of drug-likeness (QED) is 0.200. The maximum atomic E-state index is 4.34. The second-order valence-electron chi connectivity index (χ2n) is 11.8. The summed E-state index contributed by atoms with van der Waals surface area (Å²) in [7, 11) is 0. The summed E-state index contributed by atoms with van der Waals surface area (Å²) >= 11 is 0. The van der Waals surface area contributed by atoms with Crippen LogP contribution in [0.25, 0.3) is 77.2 Å². The molecular weight excluding hydrogens is 560 g/mol. The van der Waals surface area contributed by atoms with Crippen LogP contribution in [0.1, 0.15) is 11.1 Å². The second-order valence-corrected chi connectivity index (χ2v) is 11.8. The Morgan fingerprint density at radius 2 is 0.739 bits per heavy atom. The van der Waals surface area contributed by atoms with Crippen LogP contribution >= 0.6 is 0 Å². The average Bonchev–Trinajstić information content (AvgIpc) is 3.11. The van der Waals surface area contributed by atoms with Crippen LogP contribution in [0.3, 0.4) is 0 Å². The second kappa shape index (κ2) is 11.5. The minimum Gasteiger partial charge on any atom is -0.244 e. The van der Waals surface area contributed by atoms with Gasteiger partial charge in [-0.2, -0.15) is 0 Å². The van der Waals surface area contributed by atoms with E-state index in [1.54, 1.807) is 12.7 Å². The van der Waals surface area contributed by atoms with E-state index in [-0.39, 0.29) is 0 Å². The number of nitrogens with zero attached hydrogens (tertiary/aromatic N) is 4. The highest BCUT2D eigenvalue weighted by atomic mass is 14.8. The van der Waals surface area contributed by atoms with Crippen molar-refractivity contribution < 1.29 is 0 Å². The van der Waals surface area contributed by atoms with Crippen LogP contribution in [-0.4, -0.2) is 19.9 Å². The van der Waals surface area contributed by atoms with E-state index in [9.17, 15) is 0 Å². The lowest BCUT2D eigenvalue weighted by atomic mass is 9.86. The third kappa shape index (κ3) is 5.00. The van der Waals surface area contributed by atoms with Gasteiger partial charge in [0.25, 0.3) is 0 Å². The minimum atomic E-state index is 0.991. The number of aryl methyl sites for hydroxylation is 2. The highest BCUT2D eigenvalue weighted by Gasteiger charge is 2.16. The Kier molecular flexibility index (Phi) is 6.88. The maximum absolute atomic E-state index is 4.34. The van der Waals surface area contributed by atoms with Crippen LogP contribution in [0, 0.1) is 13.8 Å². The van der Waals surface area contributed by atoms with Crippen molar-refractivity contribution in [1.29, 1.82) is 0 Å². The van der Waals surface area contributed by atoms with Gasteiger partial charge in [0.15, 0.2) is 0 Å². The van der Waals surface area contributed by atoms with Crippen molar-refractivity contribution in [2.24, 2.45) is 0 Å². The fourth-order valence-corrected chi connectivity index (χ4v) is 6.59. The molecule has 0 bridgehead atoms. The molecule has 0 aliphatic heterocycles. The van der Waals surface area contributed by atoms with Crippen LogP contribution in [0.2, 0.25) is 0 Å². The fourth-order valence-electron chi connectivity index (χ4n) is 6.59. The van der Waals surface area contributed by atoms with Gasteiger partial charge in [-0.3, -0.25) is 0 Å². The van der Waals surface area contributed by atoms with E-state index in [0.29, 0.717) is 0 Å². The fraction of sp³-hybridized carbons (Fsp3) is 0.0476. The van der Waals surface area contributed by atoms with Gasteiger partial charge in [-0.15, -0.1) is 0 Å². The lowest BCUT2D eigenvalue weighted by molar-refractivity contribution is 1.17. The summed E-state index contributed by atoms with van der Waals surface area (Å²) in [5.74, 6) is 0. The van der Waals surface area contributed by atoms with Gasteiger partial charge in [-0.1, -0.05) is 96.1 Å². The normalized spacial score (nSPS) is 11.3. The van der Waals surface area contributed by atoms with Gasteiger partial charge < -0.3 is 0 Å². The predicted molar refractivity (Wildman–Crippen MR) is 189 cm³/mol. The zero-order valence-corrected chi connectivity index (χ0v) is 25.6. The van der Waals surface area contributed by atoms with Crippen molar-refractivity contribution >= 4 is 21.5 Å². The number of hydrogen-bond donors (Lipinski definition) is 0. The number of benzene rings is 6. The Balaban J connectivity index is 1.47.